The quantitative estimate of drug-likeness (QED) is 0.405. The minimum atomic E-state index is -0.549. The number of benzene rings is 2. The highest BCUT2D eigenvalue weighted by Gasteiger charge is 2.13. The predicted molar refractivity (Wildman–Crippen MR) is 109 cm³/mol. The Morgan fingerprint density at radius 1 is 1.00 bits per heavy atom. The monoisotopic (exact) mass is 397 g/mol. The molecule has 8 heteroatoms. The molecular weight excluding hydrogens is 374 g/mol. The van der Waals surface area contributed by atoms with Crippen LogP contribution in [-0.4, -0.2) is 37.2 Å². The molecule has 0 aliphatic heterocycles. The number of nitrogens with zero attached hydrogens (tertiary/aromatic N) is 1. The minimum Gasteiger partial charge on any atom is -0.484 e. The van der Waals surface area contributed by atoms with Crippen molar-refractivity contribution in [2.45, 2.75) is 20.3 Å². The van der Waals surface area contributed by atoms with Crippen LogP contribution in [-0.2, 0) is 14.3 Å². The summed E-state index contributed by atoms with van der Waals surface area (Å²) in [4.78, 5) is 35.7. The molecule has 0 heterocycles. The molecule has 0 saturated carbocycles. The summed E-state index contributed by atoms with van der Waals surface area (Å²) in [5, 5.41) is 6.53. The Bertz CT molecular complexity index is 907. The van der Waals surface area contributed by atoms with Crippen LogP contribution in [0.1, 0.15) is 29.3 Å². The Morgan fingerprint density at radius 2 is 1.69 bits per heavy atom. The number of carbonyl (C=O) groups is 3. The summed E-state index contributed by atoms with van der Waals surface area (Å²) >= 11 is 0. The number of methoxy groups -OCH3 is 1. The van der Waals surface area contributed by atoms with E-state index in [0.717, 1.165) is 5.56 Å². The van der Waals surface area contributed by atoms with Crippen LogP contribution in [0.15, 0.2) is 53.6 Å². The zero-order chi connectivity index (χ0) is 21.2. The van der Waals surface area contributed by atoms with Crippen molar-refractivity contribution >= 4 is 29.2 Å². The SMILES string of the molecule is COC(=O)c1ccccc1NC(=O)C/C(C)=N\NC(=O)COc1ccc(C)cc1. The Labute approximate surface area is 168 Å². The van der Waals surface area contributed by atoms with Crippen molar-refractivity contribution in [3.63, 3.8) is 0 Å². The normalized spacial score (nSPS) is 10.8. The van der Waals surface area contributed by atoms with Gasteiger partial charge in [0.25, 0.3) is 5.91 Å². The number of para-hydroxylation sites is 1. The van der Waals surface area contributed by atoms with Crippen LogP contribution in [0.25, 0.3) is 0 Å². The minimum absolute atomic E-state index is 0.0609. The first-order valence-electron chi connectivity index (χ1n) is 8.87. The fourth-order valence-corrected chi connectivity index (χ4v) is 2.32. The molecule has 0 spiro atoms. The number of nitrogens with one attached hydrogen (secondary N) is 2. The average molecular weight is 397 g/mol. The third kappa shape index (κ3) is 7.10. The van der Waals surface area contributed by atoms with Crippen LogP contribution in [0.5, 0.6) is 5.75 Å². The summed E-state index contributed by atoms with van der Waals surface area (Å²) in [6.45, 7) is 3.36. The van der Waals surface area contributed by atoms with E-state index in [1.807, 2.05) is 19.1 Å². The smallest absolute Gasteiger partial charge is 0.339 e. The molecule has 2 N–H and O–H groups in total. The Kier molecular flexibility index (Phi) is 7.90. The van der Waals surface area contributed by atoms with Crippen LogP contribution in [0.2, 0.25) is 0 Å². The van der Waals surface area contributed by atoms with E-state index in [9.17, 15) is 14.4 Å². The standard InChI is InChI=1S/C21H23N3O5/c1-14-8-10-16(11-9-14)29-13-20(26)24-23-15(2)12-19(25)22-18-7-5-4-6-17(18)21(27)28-3/h4-11H,12-13H2,1-3H3,(H,22,25)(H,24,26)/b23-15-. The second kappa shape index (κ2) is 10.6. The molecule has 0 bridgehead atoms. The number of aryl methyl sites for hydroxylation is 1. The van der Waals surface area contributed by atoms with Gasteiger partial charge in [0.1, 0.15) is 5.75 Å². The summed E-state index contributed by atoms with van der Waals surface area (Å²) in [7, 11) is 1.27. The summed E-state index contributed by atoms with van der Waals surface area (Å²) in [6.07, 6.45) is -0.0609. The van der Waals surface area contributed by atoms with Crippen molar-refractivity contribution in [1.82, 2.24) is 5.43 Å². The van der Waals surface area contributed by atoms with Crippen LogP contribution >= 0.6 is 0 Å². The van der Waals surface area contributed by atoms with E-state index in [1.165, 1.54) is 7.11 Å². The number of carbonyl (C=O) groups excluding carboxylic acids is 3. The summed E-state index contributed by atoms with van der Waals surface area (Å²) in [6, 6.07) is 13.8. The zero-order valence-electron chi connectivity index (χ0n) is 16.5. The third-order valence-electron chi connectivity index (χ3n) is 3.79. The molecular formula is C21H23N3O5. The van der Waals surface area contributed by atoms with E-state index < -0.39 is 11.9 Å². The number of esters is 1. The summed E-state index contributed by atoms with van der Waals surface area (Å²) < 4.78 is 10.0. The molecule has 8 nitrogen and oxygen atoms in total. The molecule has 29 heavy (non-hydrogen) atoms. The van der Waals surface area contributed by atoms with Crippen molar-refractivity contribution in [3.8, 4) is 5.75 Å². The van der Waals surface area contributed by atoms with E-state index >= 15 is 0 Å². The topological polar surface area (TPSA) is 106 Å². The number of amides is 2. The number of hydrogen-bond acceptors (Lipinski definition) is 6. The molecule has 2 aromatic carbocycles. The maximum Gasteiger partial charge on any atom is 0.339 e. The molecule has 0 aromatic heterocycles. The average Bonchev–Trinajstić information content (AvgIpc) is 2.71. The van der Waals surface area contributed by atoms with Crippen molar-refractivity contribution in [1.29, 1.82) is 0 Å². The molecule has 0 saturated heterocycles. The van der Waals surface area contributed by atoms with Gasteiger partial charge in [0.05, 0.1) is 24.8 Å². The lowest BCUT2D eigenvalue weighted by molar-refractivity contribution is -0.123. The molecule has 0 unspecified atom stereocenters. The van der Waals surface area contributed by atoms with E-state index in [0.29, 0.717) is 17.1 Å². The highest BCUT2D eigenvalue weighted by Crippen LogP contribution is 2.16. The van der Waals surface area contributed by atoms with Crippen LogP contribution in [0, 0.1) is 6.92 Å². The molecule has 0 fully saturated rings. The van der Waals surface area contributed by atoms with Crippen LogP contribution in [0.3, 0.4) is 0 Å². The molecule has 0 aliphatic carbocycles. The lowest BCUT2D eigenvalue weighted by atomic mass is 10.1. The third-order valence-corrected chi connectivity index (χ3v) is 3.79. The maximum atomic E-state index is 12.2. The predicted octanol–water partition coefficient (Wildman–Crippen LogP) is 2.68. The van der Waals surface area contributed by atoms with Gasteiger partial charge in [-0.3, -0.25) is 9.59 Å². The fraction of sp³-hybridized carbons (Fsp3) is 0.238. The molecule has 2 rings (SSSR count). The molecule has 0 atom stereocenters. The van der Waals surface area contributed by atoms with Gasteiger partial charge < -0.3 is 14.8 Å². The zero-order valence-corrected chi connectivity index (χ0v) is 16.5. The van der Waals surface area contributed by atoms with E-state index in [-0.39, 0.29) is 24.5 Å². The van der Waals surface area contributed by atoms with Crippen LogP contribution in [0.4, 0.5) is 5.69 Å². The van der Waals surface area contributed by atoms with Crippen LogP contribution < -0.4 is 15.5 Å². The Balaban J connectivity index is 1.83. The first kappa shape index (κ1) is 21.6. The van der Waals surface area contributed by atoms with Crippen molar-refractivity contribution in [3.05, 3.63) is 59.7 Å². The Morgan fingerprint density at radius 3 is 2.38 bits per heavy atom. The number of ether oxygens (including phenoxy) is 2. The first-order chi connectivity index (χ1) is 13.9. The van der Waals surface area contributed by atoms with Crippen molar-refractivity contribution < 1.29 is 23.9 Å². The van der Waals surface area contributed by atoms with Gasteiger partial charge in [-0.1, -0.05) is 29.8 Å². The lowest BCUT2D eigenvalue weighted by Gasteiger charge is -2.09. The Hall–Kier alpha value is -3.68. The fourth-order valence-electron chi connectivity index (χ4n) is 2.32. The van der Waals surface area contributed by atoms with Gasteiger partial charge in [-0.15, -0.1) is 0 Å². The van der Waals surface area contributed by atoms with Gasteiger partial charge in [0, 0.05) is 5.71 Å². The van der Waals surface area contributed by atoms with Crippen molar-refractivity contribution in [2.75, 3.05) is 19.0 Å². The highest BCUT2D eigenvalue weighted by atomic mass is 16.5. The number of hydrogen-bond donors (Lipinski definition) is 2. The van der Waals surface area contributed by atoms with Gasteiger partial charge in [-0.2, -0.15) is 5.10 Å². The summed E-state index contributed by atoms with van der Waals surface area (Å²) in [5.41, 5.74) is 4.41. The second-order valence-corrected chi connectivity index (χ2v) is 6.25. The molecule has 2 amide bonds. The first-order valence-corrected chi connectivity index (χ1v) is 8.87. The van der Waals surface area contributed by atoms with E-state index in [1.54, 1.807) is 43.3 Å². The number of anilines is 1. The van der Waals surface area contributed by atoms with E-state index in [2.05, 4.69) is 15.8 Å². The van der Waals surface area contributed by atoms with E-state index in [4.69, 9.17) is 9.47 Å². The summed E-state index contributed by atoms with van der Waals surface area (Å²) in [5.74, 6) is -0.795. The molecule has 0 aliphatic rings. The molecule has 0 radical (unpaired) electrons. The largest absolute Gasteiger partial charge is 0.484 e. The lowest BCUT2D eigenvalue weighted by Crippen LogP contribution is -2.26. The molecule has 2 aromatic rings. The van der Waals surface area contributed by atoms with Gasteiger partial charge in [0.2, 0.25) is 5.91 Å². The molecule has 152 valence electrons. The van der Waals surface area contributed by atoms with Gasteiger partial charge >= 0.3 is 5.97 Å². The number of hydrazone groups is 1. The number of rotatable bonds is 8. The second-order valence-electron chi connectivity index (χ2n) is 6.25. The van der Waals surface area contributed by atoms with Gasteiger partial charge in [-0.25, -0.2) is 10.2 Å². The van der Waals surface area contributed by atoms with Gasteiger partial charge in [0.15, 0.2) is 6.61 Å². The highest BCUT2D eigenvalue weighted by molar-refractivity contribution is 6.08. The maximum absolute atomic E-state index is 12.2. The van der Waals surface area contributed by atoms with Crippen molar-refractivity contribution in [2.24, 2.45) is 5.10 Å². The van der Waals surface area contributed by atoms with Gasteiger partial charge in [-0.05, 0) is 38.1 Å².